The molecule has 0 bridgehead atoms. The Morgan fingerprint density at radius 3 is 2.53 bits per heavy atom. The monoisotopic (exact) mass is 417 g/mol. The summed E-state index contributed by atoms with van der Waals surface area (Å²) in [6, 6.07) is 19.2. The number of carbonyl (C=O) groups excluding carboxylic acids is 1. The summed E-state index contributed by atoms with van der Waals surface area (Å²) >= 11 is 1.41. The molecule has 1 heterocycles. The highest BCUT2D eigenvalue weighted by atomic mass is 32.2. The minimum Gasteiger partial charge on any atom is -0.497 e. The highest BCUT2D eigenvalue weighted by Gasteiger charge is 2.10. The predicted octanol–water partition coefficient (Wildman–Crippen LogP) is 5.37. The number of amides is 1. The number of nitriles is 1. The highest BCUT2D eigenvalue weighted by Crippen LogP contribution is 2.27. The number of aryl methyl sites for hydroxylation is 2. The van der Waals surface area contributed by atoms with E-state index in [-0.39, 0.29) is 5.91 Å². The molecule has 3 aromatic rings. The number of anilines is 1. The molecule has 1 amide bonds. The number of pyridine rings is 1. The van der Waals surface area contributed by atoms with Crippen molar-refractivity contribution in [2.45, 2.75) is 25.3 Å². The number of aromatic nitrogens is 1. The van der Waals surface area contributed by atoms with Gasteiger partial charge < -0.3 is 10.1 Å². The molecule has 0 aliphatic rings. The Hall–Kier alpha value is -3.30. The van der Waals surface area contributed by atoms with Gasteiger partial charge in [-0.05, 0) is 73.5 Å². The van der Waals surface area contributed by atoms with Gasteiger partial charge in [-0.25, -0.2) is 4.98 Å². The number of benzene rings is 2. The van der Waals surface area contributed by atoms with Crippen LogP contribution in [0.3, 0.4) is 0 Å². The van der Waals surface area contributed by atoms with E-state index < -0.39 is 0 Å². The third kappa shape index (κ3) is 5.40. The van der Waals surface area contributed by atoms with Crippen LogP contribution in [0.25, 0.3) is 11.3 Å². The number of rotatable bonds is 7. The second-order valence-electron chi connectivity index (χ2n) is 6.84. The topological polar surface area (TPSA) is 75.0 Å². The molecule has 2 aromatic carbocycles. The molecule has 1 N–H and O–H groups in total. The van der Waals surface area contributed by atoms with Crippen molar-refractivity contribution in [3.05, 3.63) is 71.3 Å². The summed E-state index contributed by atoms with van der Waals surface area (Å²) < 4.78 is 5.19. The van der Waals surface area contributed by atoms with E-state index in [1.54, 1.807) is 13.2 Å². The molecule has 152 valence electrons. The van der Waals surface area contributed by atoms with Gasteiger partial charge in [-0.15, -0.1) is 11.8 Å². The quantitative estimate of drug-likeness (QED) is 0.523. The molecule has 0 saturated heterocycles. The van der Waals surface area contributed by atoms with E-state index in [0.717, 1.165) is 28.3 Å². The molecular weight excluding hydrogens is 394 g/mol. The van der Waals surface area contributed by atoms with Gasteiger partial charge in [-0.1, -0.05) is 6.07 Å². The third-order valence-corrected chi connectivity index (χ3v) is 5.72. The van der Waals surface area contributed by atoms with Crippen LogP contribution < -0.4 is 10.1 Å². The van der Waals surface area contributed by atoms with Crippen LogP contribution in [-0.2, 0) is 4.79 Å². The van der Waals surface area contributed by atoms with Crippen molar-refractivity contribution in [3.8, 4) is 23.1 Å². The van der Waals surface area contributed by atoms with Crippen LogP contribution in [0.2, 0.25) is 0 Å². The zero-order valence-corrected chi connectivity index (χ0v) is 18.0. The number of nitrogens with one attached hydrogen (secondary N) is 1. The van der Waals surface area contributed by atoms with Crippen molar-refractivity contribution >= 4 is 23.4 Å². The summed E-state index contributed by atoms with van der Waals surface area (Å²) in [7, 11) is 1.62. The number of thioether (sulfide) groups is 1. The molecule has 3 rings (SSSR count). The Bertz CT molecular complexity index is 1090. The van der Waals surface area contributed by atoms with Crippen LogP contribution in [0.5, 0.6) is 5.75 Å². The molecule has 1 aromatic heterocycles. The Kier molecular flexibility index (Phi) is 7.10. The molecule has 0 aliphatic carbocycles. The summed E-state index contributed by atoms with van der Waals surface area (Å²) in [4.78, 5) is 16.9. The number of methoxy groups -OCH3 is 1. The van der Waals surface area contributed by atoms with Gasteiger partial charge >= 0.3 is 0 Å². The van der Waals surface area contributed by atoms with Gasteiger partial charge in [-0.2, -0.15) is 5.26 Å². The molecule has 0 radical (unpaired) electrons. The van der Waals surface area contributed by atoms with Crippen LogP contribution in [0.15, 0.2) is 59.6 Å². The summed E-state index contributed by atoms with van der Waals surface area (Å²) in [5.41, 5.74) is 5.35. The van der Waals surface area contributed by atoms with Gasteiger partial charge in [-0.3, -0.25) is 4.79 Å². The maximum atomic E-state index is 12.3. The first kappa shape index (κ1) is 21.4. The fraction of sp³-hybridized carbons (Fsp3) is 0.208. The van der Waals surface area contributed by atoms with Crippen LogP contribution in [0.4, 0.5) is 5.69 Å². The lowest BCUT2D eigenvalue weighted by Crippen LogP contribution is -2.12. The van der Waals surface area contributed by atoms with Crippen LogP contribution in [0, 0.1) is 25.2 Å². The molecule has 0 aliphatic heterocycles. The van der Waals surface area contributed by atoms with Crippen LogP contribution >= 0.6 is 11.8 Å². The normalized spacial score (nSPS) is 10.3. The zero-order chi connectivity index (χ0) is 21.5. The lowest BCUT2D eigenvalue weighted by molar-refractivity contribution is -0.115. The Labute approximate surface area is 181 Å². The van der Waals surface area contributed by atoms with Crippen molar-refractivity contribution in [1.29, 1.82) is 5.26 Å². The fourth-order valence-electron chi connectivity index (χ4n) is 2.84. The van der Waals surface area contributed by atoms with Gasteiger partial charge in [0.15, 0.2) is 0 Å². The Morgan fingerprint density at radius 1 is 1.10 bits per heavy atom. The molecular formula is C24H23N3O2S. The van der Waals surface area contributed by atoms with Crippen molar-refractivity contribution in [2.75, 3.05) is 18.2 Å². The standard InChI is InChI=1S/C24H23N3O2S/c1-16-4-8-20(14-17(16)2)26-23(28)12-13-30-24-19(15-25)7-11-22(27-24)18-5-9-21(29-3)10-6-18/h4-11,14H,12-13H2,1-3H3,(H,26,28). The number of carbonyl (C=O) groups is 1. The van der Waals surface area contributed by atoms with E-state index in [2.05, 4.69) is 16.4 Å². The van der Waals surface area contributed by atoms with E-state index >= 15 is 0 Å². The number of hydrogen-bond acceptors (Lipinski definition) is 5. The first-order chi connectivity index (χ1) is 14.5. The van der Waals surface area contributed by atoms with E-state index in [0.29, 0.717) is 22.8 Å². The smallest absolute Gasteiger partial charge is 0.225 e. The van der Waals surface area contributed by atoms with E-state index in [1.807, 2.05) is 62.4 Å². The van der Waals surface area contributed by atoms with Crippen LogP contribution in [-0.4, -0.2) is 23.8 Å². The van der Waals surface area contributed by atoms with Gasteiger partial charge in [0.05, 0.1) is 18.4 Å². The first-order valence-corrected chi connectivity index (χ1v) is 10.5. The summed E-state index contributed by atoms with van der Waals surface area (Å²) in [6.45, 7) is 4.06. The second-order valence-corrected chi connectivity index (χ2v) is 7.92. The summed E-state index contributed by atoms with van der Waals surface area (Å²) in [5, 5.41) is 13.0. The zero-order valence-electron chi connectivity index (χ0n) is 17.2. The molecule has 0 unspecified atom stereocenters. The molecule has 5 nitrogen and oxygen atoms in total. The molecule has 30 heavy (non-hydrogen) atoms. The van der Waals surface area contributed by atoms with Gasteiger partial charge in [0.2, 0.25) is 5.91 Å². The third-order valence-electron chi connectivity index (χ3n) is 4.73. The second kappa shape index (κ2) is 9.95. The first-order valence-electron chi connectivity index (χ1n) is 9.55. The Morgan fingerprint density at radius 2 is 1.87 bits per heavy atom. The SMILES string of the molecule is COc1ccc(-c2ccc(C#N)c(SCCC(=O)Nc3ccc(C)c(C)c3)n2)cc1. The highest BCUT2D eigenvalue weighted by molar-refractivity contribution is 7.99. The largest absolute Gasteiger partial charge is 0.497 e. The Balaban J connectivity index is 1.64. The molecule has 0 fully saturated rings. The minimum atomic E-state index is -0.0597. The summed E-state index contributed by atoms with van der Waals surface area (Å²) in [6.07, 6.45) is 0.330. The minimum absolute atomic E-state index is 0.0597. The number of ether oxygens (including phenoxy) is 1. The van der Waals surface area contributed by atoms with Gasteiger partial charge in [0.25, 0.3) is 0 Å². The summed E-state index contributed by atoms with van der Waals surface area (Å²) in [5.74, 6) is 1.25. The molecule has 6 heteroatoms. The maximum absolute atomic E-state index is 12.3. The van der Waals surface area contributed by atoms with Crippen molar-refractivity contribution < 1.29 is 9.53 Å². The maximum Gasteiger partial charge on any atom is 0.225 e. The van der Waals surface area contributed by atoms with Crippen LogP contribution in [0.1, 0.15) is 23.1 Å². The van der Waals surface area contributed by atoms with E-state index in [4.69, 9.17) is 4.74 Å². The van der Waals surface area contributed by atoms with Crippen molar-refractivity contribution in [1.82, 2.24) is 4.98 Å². The van der Waals surface area contributed by atoms with Gasteiger partial charge in [0, 0.05) is 23.4 Å². The van der Waals surface area contributed by atoms with E-state index in [1.165, 1.54) is 17.3 Å². The fourth-order valence-corrected chi connectivity index (χ4v) is 3.75. The predicted molar refractivity (Wildman–Crippen MR) is 121 cm³/mol. The van der Waals surface area contributed by atoms with Crippen molar-refractivity contribution in [3.63, 3.8) is 0 Å². The van der Waals surface area contributed by atoms with Gasteiger partial charge in [0.1, 0.15) is 16.8 Å². The van der Waals surface area contributed by atoms with Crippen molar-refractivity contribution in [2.24, 2.45) is 0 Å². The molecule has 0 atom stereocenters. The number of hydrogen-bond donors (Lipinski definition) is 1. The average Bonchev–Trinajstić information content (AvgIpc) is 2.76. The average molecular weight is 418 g/mol. The lowest BCUT2D eigenvalue weighted by Gasteiger charge is -2.09. The number of nitrogens with zero attached hydrogens (tertiary/aromatic N) is 2. The lowest BCUT2D eigenvalue weighted by atomic mass is 10.1. The molecule has 0 spiro atoms. The van der Waals surface area contributed by atoms with E-state index in [9.17, 15) is 10.1 Å². The molecule has 0 saturated carbocycles.